The summed E-state index contributed by atoms with van der Waals surface area (Å²) in [5.74, 6) is 3.42. The van der Waals surface area contributed by atoms with E-state index >= 15 is 0 Å². The van der Waals surface area contributed by atoms with E-state index in [9.17, 15) is 0 Å². The number of morpholine rings is 1. The van der Waals surface area contributed by atoms with E-state index < -0.39 is 0 Å². The van der Waals surface area contributed by atoms with Crippen LogP contribution in [0, 0.1) is 0 Å². The van der Waals surface area contributed by atoms with Gasteiger partial charge in [-0.2, -0.15) is 10.1 Å². The molecule has 29 heavy (non-hydrogen) atoms. The van der Waals surface area contributed by atoms with Crippen LogP contribution in [0.5, 0.6) is 5.75 Å². The third-order valence-corrected chi connectivity index (χ3v) is 5.43. The Bertz CT molecular complexity index is 1030. The van der Waals surface area contributed by atoms with Gasteiger partial charge in [0.25, 0.3) is 0 Å². The number of nitrogens with zero attached hydrogens (tertiary/aromatic N) is 6. The van der Waals surface area contributed by atoms with Crippen molar-refractivity contribution in [3.63, 3.8) is 0 Å². The van der Waals surface area contributed by atoms with Gasteiger partial charge in [-0.05, 0) is 18.6 Å². The van der Waals surface area contributed by atoms with Gasteiger partial charge >= 0.3 is 0 Å². The molecule has 8 nitrogen and oxygen atoms in total. The predicted octanol–water partition coefficient (Wildman–Crippen LogP) is 2.42. The highest BCUT2D eigenvalue weighted by Crippen LogP contribution is 2.39. The Balaban J connectivity index is 1.65. The second kappa shape index (κ2) is 7.36. The Labute approximate surface area is 169 Å². The zero-order valence-electron chi connectivity index (χ0n) is 16.7. The normalized spacial score (nSPS) is 16.2. The highest BCUT2D eigenvalue weighted by atomic mass is 16.5. The van der Waals surface area contributed by atoms with Crippen molar-refractivity contribution < 1.29 is 9.47 Å². The summed E-state index contributed by atoms with van der Waals surface area (Å²) in [6, 6.07) is 10.1. The molecule has 5 rings (SSSR count). The minimum Gasteiger partial charge on any atom is -0.497 e. The van der Waals surface area contributed by atoms with Crippen LogP contribution in [0.15, 0.2) is 36.5 Å². The summed E-state index contributed by atoms with van der Waals surface area (Å²) in [5.41, 5.74) is 3.16. The van der Waals surface area contributed by atoms with Crippen LogP contribution >= 0.6 is 0 Å². The Morgan fingerprint density at radius 3 is 2.69 bits per heavy atom. The van der Waals surface area contributed by atoms with Gasteiger partial charge in [0.1, 0.15) is 11.6 Å². The molecular formula is C21H24N6O2. The van der Waals surface area contributed by atoms with E-state index in [0.29, 0.717) is 13.2 Å². The largest absolute Gasteiger partial charge is 0.497 e. The number of ether oxygens (including phenoxy) is 2. The quantitative estimate of drug-likeness (QED) is 0.675. The molecule has 0 N–H and O–H groups in total. The van der Waals surface area contributed by atoms with Gasteiger partial charge in [-0.3, -0.25) is 4.68 Å². The Kier molecular flexibility index (Phi) is 4.55. The molecule has 0 aliphatic carbocycles. The lowest BCUT2D eigenvalue weighted by Gasteiger charge is -2.28. The number of aromatic nitrogens is 4. The molecule has 0 radical (unpaired) electrons. The third kappa shape index (κ3) is 3.29. The number of fused-ring (bicyclic) bond motifs is 1. The van der Waals surface area contributed by atoms with E-state index in [1.807, 2.05) is 42.2 Å². The van der Waals surface area contributed by atoms with Gasteiger partial charge in [0, 0.05) is 50.1 Å². The SMILES string of the molecule is COc1cccc(-c2nc(N3CCOCC3)nc3c2CCN3c2ccn(C)n2)c1. The third-order valence-electron chi connectivity index (χ3n) is 5.43. The molecule has 1 aromatic carbocycles. The molecule has 150 valence electrons. The zero-order valence-corrected chi connectivity index (χ0v) is 16.7. The summed E-state index contributed by atoms with van der Waals surface area (Å²) in [6.07, 6.45) is 2.84. The molecule has 2 aromatic heterocycles. The zero-order chi connectivity index (χ0) is 19.8. The lowest BCUT2D eigenvalue weighted by atomic mass is 10.1. The first-order chi connectivity index (χ1) is 14.2. The molecule has 0 saturated carbocycles. The van der Waals surface area contributed by atoms with E-state index in [4.69, 9.17) is 19.4 Å². The molecule has 8 heteroatoms. The molecule has 0 atom stereocenters. The highest BCUT2D eigenvalue weighted by Gasteiger charge is 2.30. The van der Waals surface area contributed by atoms with Gasteiger partial charge in [-0.15, -0.1) is 0 Å². The maximum absolute atomic E-state index is 5.52. The number of aryl methyl sites for hydroxylation is 1. The Morgan fingerprint density at radius 2 is 1.93 bits per heavy atom. The van der Waals surface area contributed by atoms with Gasteiger partial charge in [0.2, 0.25) is 5.95 Å². The topological polar surface area (TPSA) is 68.5 Å². The first-order valence-electron chi connectivity index (χ1n) is 9.88. The Morgan fingerprint density at radius 1 is 1.07 bits per heavy atom. The fourth-order valence-electron chi connectivity index (χ4n) is 3.93. The van der Waals surface area contributed by atoms with Gasteiger partial charge in [0.15, 0.2) is 5.82 Å². The second-order valence-electron chi connectivity index (χ2n) is 7.25. The standard InChI is InChI=1S/C21H24N6O2/c1-25-8-7-18(24-25)27-9-6-17-19(15-4-3-5-16(14-15)28-2)22-21(23-20(17)27)26-10-12-29-13-11-26/h3-5,7-8,14H,6,9-13H2,1-2H3. The number of anilines is 3. The van der Waals surface area contributed by atoms with Crippen molar-refractivity contribution in [1.82, 2.24) is 19.7 Å². The highest BCUT2D eigenvalue weighted by molar-refractivity contribution is 5.76. The van der Waals surface area contributed by atoms with Gasteiger partial charge in [0.05, 0.1) is 26.0 Å². The van der Waals surface area contributed by atoms with Crippen molar-refractivity contribution in [2.24, 2.45) is 7.05 Å². The average Bonchev–Trinajstić information content (AvgIpc) is 3.39. The molecule has 0 amide bonds. The first-order valence-corrected chi connectivity index (χ1v) is 9.88. The average molecular weight is 392 g/mol. The summed E-state index contributed by atoms with van der Waals surface area (Å²) in [7, 11) is 3.62. The molecule has 3 aromatic rings. The van der Waals surface area contributed by atoms with Crippen molar-refractivity contribution >= 4 is 17.6 Å². The summed E-state index contributed by atoms with van der Waals surface area (Å²) >= 11 is 0. The van der Waals surface area contributed by atoms with Crippen molar-refractivity contribution in [3.05, 3.63) is 42.1 Å². The molecular weight excluding hydrogens is 368 g/mol. The number of methoxy groups -OCH3 is 1. The fraction of sp³-hybridized carbons (Fsp3) is 0.381. The van der Waals surface area contributed by atoms with Gasteiger partial charge in [-0.1, -0.05) is 12.1 Å². The molecule has 0 unspecified atom stereocenters. The lowest BCUT2D eigenvalue weighted by Crippen LogP contribution is -2.37. The molecule has 1 saturated heterocycles. The van der Waals surface area contributed by atoms with Crippen LogP contribution in [0.25, 0.3) is 11.3 Å². The molecule has 0 bridgehead atoms. The van der Waals surface area contributed by atoms with Gasteiger partial charge < -0.3 is 19.3 Å². The van der Waals surface area contributed by atoms with Crippen LogP contribution in [0.4, 0.5) is 17.6 Å². The smallest absolute Gasteiger partial charge is 0.228 e. The second-order valence-corrected chi connectivity index (χ2v) is 7.25. The lowest BCUT2D eigenvalue weighted by molar-refractivity contribution is 0.122. The first kappa shape index (κ1) is 17.9. The predicted molar refractivity (Wildman–Crippen MR) is 111 cm³/mol. The van der Waals surface area contributed by atoms with E-state index in [1.165, 1.54) is 0 Å². The Hall–Kier alpha value is -3.13. The van der Waals surface area contributed by atoms with Crippen LogP contribution in [0.3, 0.4) is 0 Å². The van der Waals surface area contributed by atoms with Crippen LogP contribution in [0.1, 0.15) is 5.56 Å². The number of hydrogen-bond donors (Lipinski definition) is 0. The van der Waals surface area contributed by atoms with Crippen LogP contribution in [-0.4, -0.2) is 59.7 Å². The molecule has 4 heterocycles. The minimum atomic E-state index is 0.693. The van der Waals surface area contributed by atoms with E-state index in [2.05, 4.69) is 21.0 Å². The summed E-state index contributed by atoms with van der Waals surface area (Å²) < 4.78 is 12.8. The van der Waals surface area contributed by atoms with E-state index in [0.717, 1.165) is 66.2 Å². The minimum absolute atomic E-state index is 0.693. The molecule has 2 aliphatic heterocycles. The molecule has 2 aliphatic rings. The van der Waals surface area contributed by atoms with Crippen LogP contribution in [0.2, 0.25) is 0 Å². The number of benzene rings is 1. The molecule has 1 fully saturated rings. The summed E-state index contributed by atoms with van der Waals surface area (Å²) in [4.78, 5) is 14.4. The van der Waals surface area contributed by atoms with Gasteiger partial charge in [-0.25, -0.2) is 4.98 Å². The van der Waals surface area contributed by atoms with E-state index in [1.54, 1.807) is 7.11 Å². The van der Waals surface area contributed by atoms with E-state index in [-0.39, 0.29) is 0 Å². The number of rotatable bonds is 4. The molecule has 0 spiro atoms. The monoisotopic (exact) mass is 392 g/mol. The maximum atomic E-state index is 5.52. The van der Waals surface area contributed by atoms with Crippen LogP contribution in [-0.2, 0) is 18.2 Å². The summed E-state index contributed by atoms with van der Waals surface area (Å²) in [5, 5.41) is 4.59. The maximum Gasteiger partial charge on any atom is 0.228 e. The van der Waals surface area contributed by atoms with Crippen molar-refractivity contribution in [3.8, 4) is 17.0 Å². The fourth-order valence-corrected chi connectivity index (χ4v) is 3.93. The summed E-state index contributed by atoms with van der Waals surface area (Å²) in [6.45, 7) is 3.81. The number of hydrogen-bond acceptors (Lipinski definition) is 7. The van der Waals surface area contributed by atoms with Crippen molar-refractivity contribution in [1.29, 1.82) is 0 Å². The van der Waals surface area contributed by atoms with Crippen molar-refractivity contribution in [2.75, 3.05) is 49.8 Å². The van der Waals surface area contributed by atoms with Crippen molar-refractivity contribution in [2.45, 2.75) is 6.42 Å². The van der Waals surface area contributed by atoms with Crippen LogP contribution < -0.4 is 14.5 Å².